The van der Waals surface area contributed by atoms with Crippen molar-refractivity contribution in [3.8, 4) is 0 Å². The van der Waals surface area contributed by atoms with Crippen LogP contribution in [-0.2, 0) is 9.53 Å². The topological polar surface area (TPSA) is 108 Å². The average Bonchev–Trinajstić information content (AvgIpc) is 2.31. The number of carbonyl (C=O) groups is 2. The van der Waals surface area contributed by atoms with E-state index in [1.54, 1.807) is 0 Å². The summed E-state index contributed by atoms with van der Waals surface area (Å²) >= 11 is 0. The average molecular weight is 232 g/mol. The molecular formula is C9H16N2O5. The quantitative estimate of drug-likeness (QED) is 0.239. The molecule has 92 valence electrons. The summed E-state index contributed by atoms with van der Waals surface area (Å²) in [5.74, 6) is -0.564. The zero-order valence-electron chi connectivity index (χ0n) is 8.81. The minimum absolute atomic E-state index is 0.0290. The molecule has 0 saturated heterocycles. The van der Waals surface area contributed by atoms with E-state index in [1.165, 1.54) is 0 Å². The van der Waals surface area contributed by atoms with Crippen LogP contribution in [0.1, 0.15) is 0 Å². The van der Waals surface area contributed by atoms with Crippen molar-refractivity contribution >= 4 is 12.0 Å². The Morgan fingerprint density at radius 2 is 2.00 bits per heavy atom. The van der Waals surface area contributed by atoms with Gasteiger partial charge in [-0.1, -0.05) is 6.58 Å². The van der Waals surface area contributed by atoms with Gasteiger partial charge in [-0.25, -0.2) is 9.59 Å². The van der Waals surface area contributed by atoms with Gasteiger partial charge in [0.2, 0.25) is 0 Å². The summed E-state index contributed by atoms with van der Waals surface area (Å²) in [6.07, 6.45) is 1.02. The number of aliphatic hydroxyl groups is 2. The second-order valence-electron chi connectivity index (χ2n) is 2.83. The maximum absolute atomic E-state index is 11.1. The molecule has 0 aliphatic heterocycles. The number of rotatable bonds is 7. The smallest absolute Gasteiger partial charge is 0.330 e. The van der Waals surface area contributed by atoms with E-state index in [-0.39, 0.29) is 26.4 Å². The Balaban J connectivity index is 3.57. The first-order valence-corrected chi connectivity index (χ1v) is 4.69. The van der Waals surface area contributed by atoms with Gasteiger partial charge in [-0.3, -0.25) is 0 Å². The Bertz CT molecular complexity index is 240. The van der Waals surface area contributed by atoms with Gasteiger partial charge in [-0.2, -0.15) is 0 Å². The molecule has 7 nitrogen and oxygen atoms in total. The molecule has 2 amide bonds. The largest absolute Gasteiger partial charge is 0.461 e. The van der Waals surface area contributed by atoms with Gasteiger partial charge in [0.05, 0.1) is 25.8 Å². The molecule has 0 aliphatic rings. The molecule has 0 unspecified atom stereocenters. The third kappa shape index (κ3) is 6.80. The summed E-state index contributed by atoms with van der Waals surface area (Å²) in [6.45, 7) is 2.67. The lowest BCUT2D eigenvalue weighted by molar-refractivity contribution is -0.137. The molecular weight excluding hydrogens is 216 g/mol. The molecule has 0 aromatic heterocycles. The third-order valence-electron chi connectivity index (χ3n) is 1.57. The van der Waals surface area contributed by atoms with Gasteiger partial charge in [-0.05, 0) is 0 Å². The van der Waals surface area contributed by atoms with Crippen molar-refractivity contribution in [2.24, 2.45) is 0 Å². The van der Waals surface area contributed by atoms with Crippen LogP contribution in [0.25, 0.3) is 0 Å². The van der Waals surface area contributed by atoms with Crippen LogP contribution >= 0.6 is 0 Å². The lowest BCUT2D eigenvalue weighted by Crippen LogP contribution is -2.46. The van der Waals surface area contributed by atoms with E-state index in [0.717, 1.165) is 6.08 Å². The molecule has 0 heterocycles. The van der Waals surface area contributed by atoms with Crippen LogP contribution in [0.3, 0.4) is 0 Å². The van der Waals surface area contributed by atoms with Crippen LogP contribution in [0.4, 0.5) is 4.79 Å². The maximum atomic E-state index is 11.1. The maximum Gasteiger partial charge on any atom is 0.330 e. The van der Waals surface area contributed by atoms with Gasteiger partial charge in [0, 0.05) is 6.08 Å². The van der Waals surface area contributed by atoms with Crippen LogP contribution in [0.5, 0.6) is 0 Å². The fourth-order valence-corrected chi connectivity index (χ4v) is 0.761. The second kappa shape index (κ2) is 8.69. The molecule has 4 N–H and O–H groups in total. The van der Waals surface area contributed by atoms with Crippen LogP contribution in [0.15, 0.2) is 12.7 Å². The third-order valence-corrected chi connectivity index (χ3v) is 1.57. The van der Waals surface area contributed by atoms with Crippen molar-refractivity contribution in [2.45, 2.75) is 6.04 Å². The SMILES string of the molecule is C=CC(=O)OCCNC(=O)NC(CO)CO. The van der Waals surface area contributed by atoms with E-state index < -0.39 is 18.0 Å². The summed E-state index contributed by atoms with van der Waals surface area (Å²) in [7, 11) is 0. The van der Waals surface area contributed by atoms with Crippen LogP contribution in [0, 0.1) is 0 Å². The van der Waals surface area contributed by atoms with Crippen molar-refractivity contribution in [3.05, 3.63) is 12.7 Å². The van der Waals surface area contributed by atoms with Crippen molar-refractivity contribution in [1.82, 2.24) is 10.6 Å². The van der Waals surface area contributed by atoms with E-state index in [9.17, 15) is 9.59 Å². The monoisotopic (exact) mass is 232 g/mol. The molecule has 0 aliphatic carbocycles. The van der Waals surface area contributed by atoms with E-state index in [2.05, 4.69) is 21.9 Å². The summed E-state index contributed by atoms with van der Waals surface area (Å²) in [5.41, 5.74) is 0. The van der Waals surface area contributed by atoms with Crippen molar-refractivity contribution in [3.63, 3.8) is 0 Å². The van der Waals surface area contributed by atoms with Crippen LogP contribution < -0.4 is 10.6 Å². The lowest BCUT2D eigenvalue weighted by atomic mass is 10.3. The van der Waals surface area contributed by atoms with Crippen molar-refractivity contribution < 1.29 is 24.5 Å². The lowest BCUT2D eigenvalue weighted by Gasteiger charge is -2.13. The molecule has 0 saturated carbocycles. The van der Waals surface area contributed by atoms with Gasteiger partial charge >= 0.3 is 12.0 Å². The number of aliphatic hydroxyl groups excluding tert-OH is 2. The summed E-state index contributed by atoms with van der Waals surface area (Å²) < 4.78 is 4.60. The number of ether oxygens (including phenoxy) is 1. The van der Waals surface area contributed by atoms with Crippen molar-refractivity contribution in [1.29, 1.82) is 0 Å². The predicted octanol–water partition coefficient (Wildman–Crippen LogP) is -1.63. The summed E-state index contributed by atoms with van der Waals surface area (Å²) in [4.78, 5) is 21.7. The zero-order chi connectivity index (χ0) is 12.4. The highest BCUT2D eigenvalue weighted by Crippen LogP contribution is 1.80. The molecule has 0 bridgehead atoms. The molecule has 0 radical (unpaired) electrons. The van der Waals surface area contributed by atoms with Gasteiger partial charge in [0.25, 0.3) is 0 Å². The van der Waals surface area contributed by atoms with Crippen molar-refractivity contribution in [2.75, 3.05) is 26.4 Å². The number of esters is 1. The Labute approximate surface area is 93.1 Å². The number of carbonyl (C=O) groups excluding carboxylic acids is 2. The Kier molecular flexibility index (Phi) is 7.82. The van der Waals surface area contributed by atoms with Crippen LogP contribution in [0.2, 0.25) is 0 Å². The zero-order valence-corrected chi connectivity index (χ0v) is 8.81. The normalized spacial score (nSPS) is 9.69. The van der Waals surface area contributed by atoms with E-state index >= 15 is 0 Å². The van der Waals surface area contributed by atoms with E-state index in [1.807, 2.05) is 0 Å². The van der Waals surface area contributed by atoms with Gasteiger partial charge in [0.15, 0.2) is 0 Å². The fourth-order valence-electron chi connectivity index (χ4n) is 0.761. The molecule has 0 aromatic carbocycles. The van der Waals surface area contributed by atoms with Crippen LogP contribution in [-0.4, -0.2) is 54.6 Å². The molecule has 0 atom stereocenters. The highest BCUT2D eigenvalue weighted by molar-refractivity contribution is 5.81. The molecule has 0 fully saturated rings. The van der Waals surface area contributed by atoms with E-state index in [4.69, 9.17) is 10.2 Å². The minimum Gasteiger partial charge on any atom is -0.461 e. The van der Waals surface area contributed by atoms with Gasteiger partial charge in [0.1, 0.15) is 6.61 Å². The first kappa shape index (κ1) is 14.4. The molecule has 7 heteroatoms. The van der Waals surface area contributed by atoms with E-state index in [0.29, 0.717) is 0 Å². The fraction of sp³-hybridized carbons (Fsp3) is 0.556. The molecule has 0 spiro atoms. The van der Waals surface area contributed by atoms with Gasteiger partial charge < -0.3 is 25.6 Å². The first-order chi connectivity index (χ1) is 7.63. The summed E-state index contributed by atoms with van der Waals surface area (Å²) in [5, 5.41) is 22.0. The second-order valence-corrected chi connectivity index (χ2v) is 2.83. The first-order valence-electron chi connectivity index (χ1n) is 4.69. The van der Waals surface area contributed by atoms with Gasteiger partial charge in [-0.15, -0.1) is 0 Å². The molecule has 16 heavy (non-hydrogen) atoms. The highest BCUT2D eigenvalue weighted by atomic mass is 16.5. The summed E-state index contributed by atoms with van der Waals surface area (Å²) in [6, 6.07) is -1.25. The number of hydrogen-bond acceptors (Lipinski definition) is 5. The minimum atomic E-state index is -0.698. The Hall–Kier alpha value is -1.60. The number of urea groups is 1. The Morgan fingerprint density at radius 3 is 2.50 bits per heavy atom. The number of hydrogen-bond donors (Lipinski definition) is 4. The Morgan fingerprint density at radius 1 is 1.38 bits per heavy atom. The number of nitrogens with one attached hydrogen (secondary N) is 2. The number of amides is 2. The highest BCUT2D eigenvalue weighted by Gasteiger charge is 2.08. The molecule has 0 aromatic rings. The standard InChI is InChI=1S/C9H16N2O5/c1-2-8(14)16-4-3-10-9(15)11-7(5-12)6-13/h2,7,12-13H,1,3-6H2,(H2,10,11,15). The predicted molar refractivity (Wildman–Crippen MR) is 55.7 cm³/mol. The molecule has 0 rings (SSSR count).